The summed E-state index contributed by atoms with van der Waals surface area (Å²) in [4.78, 5) is 0. The fourth-order valence-corrected chi connectivity index (χ4v) is 5.15. The first-order chi connectivity index (χ1) is 14.8. The van der Waals surface area contributed by atoms with Crippen LogP contribution in [0.5, 0.6) is 0 Å². The topological polar surface area (TPSA) is 114 Å². The van der Waals surface area contributed by atoms with Crippen molar-refractivity contribution in [2.75, 3.05) is 0 Å². The zero-order chi connectivity index (χ0) is 22.4. The molecule has 0 spiro atoms. The molecule has 0 saturated carbocycles. The number of rotatable bonds is 3. The van der Waals surface area contributed by atoms with Crippen molar-refractivity contribution in [1.29, 1.82) is 21.2 Å². The Bertz CT molecular complexity index is 1180. The molecule has 31 heavy (non-hydrogen) atoms. The van der Waals surface area contributed by atoms with E-state index in [1.165, 1.54) is 0 Å². The van der Waals surface area contributed by atoms with Gasteiger partial charge < -0.3 is 9.47 Å². The second-order valence-electron chi connectivity index (χ2n) is 7.78. The Morgan fingerprint density at radius 2 is 1.68 bits per heavy atom. The number of nitriles is 3. The van der Waals surface area contributed by atoms with E-state index in [4.69, 9.17) is 38.1 Å². The van der Waals surface area contributed by atoms with Gasteiger partial charge in [-0.1, -0.05) is 65.7 Å². The molecule has 4 rings (SSSR count). The van der Waals surface area contributed by atoms with Crippen molar-refractivity contribution in [3.05, 3.63) is 69.7 Å². The molecule has 0 aromatic heterocycles. The van der Waals surface area contributed by atoms with Gasteiger partial charge in [0.15, 0.2) is 5.41 Å². The second kappa shape index (κ2) is 7.26. The highest BCUT2D eigenvalue weighted by Gasteiger charge is 2.79. The molecule has 2 bridgehead atoms. The molecule has 1 N–H and O–H groups in total. The number of ether oxygens (including phenoxy) is 2. The van der Waals surface area contributed by atoms with Crippen molar-refractivity contribution in [3.8, 4) is 18.2 Å². The lowest BCUT2D eigenvalue weighted by molar-refractivity contribution is -0.272. The third-order valence-electron chi connectivity index (χ3n) is 6.26. The summed E-state index contributed by atoms with van der Waals surface area (Å²) in [6.07, 6.45) is -0.984. The largest absolute Gasteiger partial charge is 0.448 e. The first-order valence-corrected chi connectivity index (χ1v) is 10.2. The van der Waals surface area contributed by atoms with Gasteiger partial charge in [-0.2, -0.15) is 15.8 Å². The van der Waals surface area contributed by atoms with Crippen molar-refractivity contribution < 1.29 is 9.47 Å². The average Bonchev–Trinajstić information content (AvgIpc) is 2.93. The van der Waals surface area contributed by atoms with Crippen LogP contribution in [-0.4, -0.2) is 11.7 Å². The Labute approximate surface area is 189 Å². The maximum absolute atomic E-state index is 10.4. The van der Waals surface area contributed by atoms with Gasteiger partial charge in [-0.25, -0.2) is 0 Å². The van der Waals surface area contributed by atoms with Crippen LogP contribution >= 0.6 is 23.2 Å². The fourth-order valence-electron chi connectivity index (χ4n) is 4.74. The van der Waals surface area contributed by atoms with Crippen LogP contribution in [0.4, 0.5) is 0 Å². The molecule has 6 nitrogen and oxygen atoms in total. The normalized spacial score (nSPS) is 30.5. The number of nitrogens with zero attached hydrogens (tertiary/aromatic N) is 3. The van der Waals surface area contributed by atoms with Gasteiger partial charge in [-0.3, -0.25) is 5.41 Å². The molecule has 4 unspecified atom stereocenters. The van der Waals surface area contributed by atoms with E-state index in [0.29, 0.717) is 5.56 Å². The molecule has 0 aliphatic carbocycles. The van der Waals surface area contributed by atoms with Gasteiger partial charge in [0.1, 0.15) is 6.10 Å². The average molecular weight is 451 g/mol. The minimum absolute atomic E-state index is 0.119. The van der Waals surface area contributed by atoms with Crippen LogP contribution in [0.25, 0.3) is 0 Å². The molecule has 8 heteroatoms. The molecular weight excluding hydrogens is 435 g/mol. The van der Waals surface area contributed by atoms with Crippen LogP contribution < -0.4 is 0 Å². The molecule has 4 atom stereocenters. The van der Waals surface area contributed by atoms with E-state index in [0.717, 1.165) is 5.56 Å². The number of fused-ring (bicyclic) bond motifs is 2. The van der Waals surface area contributed by atoms with Gasteiger partial charge >= 0.3 is 0 Å². The van der Waals surface area contributed by atoms with Crippen LogP contribution in [0.3, 0.4) is 0 Å². The van der Waals surface area contributed by atoms with Gasteiger partial charge in [-0.15, -0.1) is 0 Å². The highest BCUT2D eigenvalue weighted by atomic mass is 35.5. The molecule has 2 aliphatic rings. The lowest BCUT2D eigenvalue weighted by Crippen LogP contribution is -2.59. The number of nitrogens with one attached hydrogen (secondary N) is 1. The summed E-state index contributed by atoms with van der Waals surface area (Å²) < 4.78 is 12.1. The smallest absolute Gasteiger partial charge is 0.215 e. The number of benzene rings is 2. The summed E-state index contributed by atoms with van der Waals surface area (Å²) in [5, 5.41) is 39.9. The highest BCUT2D eigenvalue weighted by molar-refractivity contribution is 6.42. The van der Waals surface area contributed by atoms with Crippen LogP contribution in [0.1, 0.15) is 24.2 Å². The molecule has 2 heterocycles. The third kappa shape index (κ3) is 2.68. The van der Waals surface area contributed by atoms with E-state index in [2.05, 4.69) is 6.07 Å². The minimum atomic E-state index is -2.09. The lowest BCUT2D eigenvalue weighted by Gasteiger charge is -2.49. The standard InChI is InChI=1S/C23H16Cl2N4O2/c1-21-17(10-14-6-3-2-4-7-14)23(13-28,20(29)31-21)22(11-26,12-27)19(30-21)15-8-5-9-16(24)18(15)25/h2-9,17,19,29H,10H2,1H3. The van der Waals surface area contributed by atoms with E-state index >= 15 is 0 Å². The van der Waals surface area contributed by atoms with Gasteiger partial charge in [0.2, 0.25) is 17.1 Å². The molecular formula is C23H16Cl2N4O2. The Balaban J connectivity index is 1.98. The fraction of sp³-hybridized carbons (Fsp3) is 0.304. The van der Waals surface area contributed by atoms with Crippen molar-refractivity contribution in [2.45, 2.75) is 25.2 Å². The molecule has 2 aromatic carbocycles. The number of hydrogen-bond donors (Lipinski definition) is 1. The van der Waals surface area contributed by atoms with E-state index in [1.807, 2.05) is 42.5 Å². The van der Waals surface area contributed by atoms with Gasteiger partial charge in [-0.05, 0) is 18.1 Å². The van der Waals surface area contributed by atoms with Crippen LogP contribution in [0, 0.1) is 56.2 Å². The molecule has 2 aliphatic heterocycles. The molecule has 154 valence electrons. The summed E-state index contributed by atoms with van der Waals surface area (Å²) in [7, 11) is 0. The maximum Gasteiger partial charge on any atom is 0.215 e. The van der Waals surface area contributed by atoms with E-state index in [-0.39, 0.29) is 16.5 Å². The zero-order valence-electron chi connectivity index (χ0n) is 16.4. The highest BCUT2D eigenvalue weighted by Crippen LogP contribution is 2.67. The molecule has 2 fully saturated rings. The monoisotopic (exact) mass is 450 g/mol. The summed E-state index contributed by atoms with van der Waals surface area (Å²) >= 11 is 12.6. The van der Waals surface area contributed by atoms with Crippen molar-refractivity contribution in [3.63, 3.8) is 0 Å². The van der Waals surface area contributed by atoms with Gasteiger partial charge in [0.25, 0.3) is 0 Å². The number of hydrogen-bond acceptors (Lipinski definition) is 6. The Kier molecular flexibility index (Phi) is 4.95. The van der Waals surface area contributed by atoms with Crippen LogP contribution in [-0.2, 0) is 15.9 Å². The SMILES string of the molecule is CC12OC(=N)C(C#N)(C1Cc1ccccc1)C(C#N)(C#N)C(c1cccc(Cl)c1Cl)O2. The Hall–Kier alpha value is -3.08. The molecule has 2 aromatic rings. The zero-order valence-corrected chi connectivity index (χ0v) is 17.9. The maximum atomic E-state index is 10.4. The van der Waals surface area contributed by atoms with Gasteiger partial charge in [0, 0.05) is 12.5 Å². The summed E-state index contributed by atoms with van der Waals surface area (Å²) in [6, 6.07) is 20.3. The third-order valence-corrected chi connectivity index (χ3v) is 7.09. The van der Waals surface area contributed by atoms with E-state index < -0.39 is 34.5 Å². The van der Waals surface area contributed by atoms with E-state index in [9.17, 15) is 15.8 Å². The van der Waals surface area contributed by atoms with Crippen LogP contribution in [0.15, 0.2) is 48.5 Å². The first kappa shape index (κ1) is 21.2. The first-order valence-electron chi connectivity index (χ1n) is 9.47. The lowest BCUT2D eigenvalue weighted by atomic mass is 9.52. The molecule has 2 saturated heterocycles. The summed E-state index contributed by atoms with van der Waals surface area (Å²) in [5.74, 6) is -2.67. The Morgan fingerprint density at radius 1 is 1.00 bits per heavy atom. The van der Waals surface area contributed by atoms with Gasteiger partial charge in [0.05, 0.1) is 34.2 Å². The molecule has 0 amide bonds. The predicted octanol–water partition coefficient (Wildman–Crippen LogP) is 5.19. The second-order valence-corrected chi connectivity index (χ2v) is 8.57. The quantitative estimate of drug-likeness (QED) is 0.690. The van der Waals surface area contributed by atoms with Crippen molar-refractivity contribution in [2.24, 2.45) is 16.7 Å². The minimum Gasteiger partial charge on any atom is -0.448 e. The predicted molar refractivity (Wildman–Crippen MR) is 113 cm³/mol. The van der Waals surface area contributed by atoms with Crippen LogP contribution in [0.2, 0.25) is 10.0 Å². The van der Waals surface area contributed by atoms with Crippen molar-refractivity contribution >= 4 is 29.1 Å². The van der Waals surface area contributed by atoms with Crippen molar-refractivity contribution in [1.82, 2.24) is 0 Å². The Morgan fingerprint density at radius 3 is 2.29 bits per heavy atom. The summed E-state index contributed by atoms with van der Waals surface area (Å²) in [5.41, 5.74) is -2.82. The number of halogens is 2. The van der Waals surface area contributed by atoms with E-state index in [1.54, 1.807) is 25.1 Å². The molecule has 0 radical (unpaired) electrons. The summed E-state index contributed by atoms with van der Waals surface area (Å²) in [6.45, 7) is 1.62.